The molecule has 21 heavy (non-hydrogen) atoms. The van der Waals surface area contributed by atoms with Crippen LogP contribution in [0.1, 0.15) is 18.1 Å². The third-order valence-electron chi connectivity index (χ3n) is 3.35. The molecular formula is C17H19F2NO. The molecule has 1 unspecified atom stereocenters. The van der Waals surface area contributed by atoms with Crippen LogP contribution in [-0.4, -0.2) is 13.1 Å². The minimum absolute atomic E-state index is 0.212. The summed E-state index contributed by atoms with van der Waals surface area (Å²) < 4.78 is 31.5. The van der Waals surface area contributed by atoms with E-state index in [-0.39, 0.29) is 6.61 Å². The van der Waals surface area contributed by atoms with Gasteiger partial charge in [-0.25, -0.2) is 8.78 Å². The number of hydrogen-bond donors (Lipinski definition) is 1. The van der Waals surface area contributed by atoms with E-state index in [0.29, 0.717) is 17.4 Å². The van der Waals surface area contributed by atoms with Crippen molar-refractivity contribution in [2.24, 2.45) is 0 Å². The first kappa shape index (κ1) is 15.4. The minimum atomic E-state index is -0.854. The Morgan fingerprint density at radius 1 is 1.00 bits per heavy atom. The van der Waals surface area contributed by atoms with Crippen molar-refractivity contribution >= 4 is 0 Å². The molecule has 2 aromatic rings. The molecule has 4 heteroatoms. The van der Waals surface area contributed by atoms with Crippen LogP contribution in [0.5, 0.6) is 5.75 Å². The lowest BCUT2D eigenvalue weighted by molar-refractivity contribution is 0.305. The lowest BCUT2D eigenvalue weighted by Gasteiger charge is -2.11. The number of hydrogen-bond acceptors (Lipinski definition) is 2. The Labute approximate surface area is 123 Å². The normalized spacial score (nSPS) is 12.2. The van der Waals surface area contributed by atoms with Crippen LogP contribution in [0.15, 0.2) is 42.5 Å². The van der Waals surface area contributed by atoms with Crippen molar-refractivity contribution in [3.8, 4) is 5.75 Å². The van der Waals surface area contributed by atoms with Crippen LogP contribution >= 0.6 is 0 Å². The number of rotatable bonds is 6. The summed E-state index contributed by atoms with van der Waals surface area (Å²) in [5.41, 5.74) is 1.82. The van der Waals surface area contributed by atoms with Gasteiger partial charge in [0.15, 0.2) is 11.6 Å². The Kier molecular flexibility index (Phi) is 5.28. The second-order valence-electron chi connectivity index (χ2n) is 5.07. The zero-order chi connectivity index (χ0) is 15.2. The van der Waals surface area contributed by atoms with Crippen molar-refractivity contribution in [2.45, 2.75) is 26.0 Å². The molecule has 2 nitrogen and oxygen atoms in total. The summed E-state index contributed by atoms with van der Waals surface area (Å²) in [4.78, 5) is 0. The summed E-state index contributed by atoms with van der Waals surface area (Å²) in [6.45, 7) is 2.33. The Morgan fingerprint density at radius 2 is 1.67 bits per heavy atom. The highest BCUT2D eigenvalue weighted by molar-refractivity contribution is 5.28. The van der Waals surface area contributed by atoms with Gasteiger partial charge < -0.3 is 10.1 Å². The zero-order valence-electron chi connectivity index (χ0n) is 12.2. The van der Waals surface area contributed by atoms with Crippen LogP contribution in [-0.2, 0) is 13.0 Å². The summed E-state index contributed by atoms with van der Waals surface area (Å²) in [5.74, 6) is -0.991. The van der Waals surface area contributed by atoms with Gasteiger partial charge in [0.2, 0.25) is 0 Å². The SMILES string of the molecule is CNC(C)Cc1ccc(OCc2ccc(F)c(F)c2)cc1. The van der Waals surface area contributed by atoms with Gasteiger partial charge in [-0.2, -0.15) is 0 Å². The first-order chi connectivity index (χ1) is 10.1. The van der Waals surface area contributed by atoms with E-state index in [4.69, 9.17) is 4.74 Å². The van der Waals surface area contributed by atoms with E-state index >= 15 is 0 Å². The van der Waals surface area contributed by atoms with Crippen molar-refractivity contribution in [3.63, 3.8) is 0 Å². The molecule has 0 amide bonds. The van der Waals surface area contributed by atoms with Crippen molar-refractivity contribution < 1.29 is 13.5 Å². The van der Waals surface area contributed by atoms with Crippen molar-refractivity contribution in [2.75, 3.05) is 7.05 Å². The van der Waals surface area contributed by atoms with Crippen LogP contribution in [0.3, 0.4) is 0 Å². The molecule has 0 aliphatic heterocycles. The number of ether oxygens (including phenoxy) is 1. The molecule has 0 aliphatic carbocycles. The summed E-state index contributed by atoms with van der Waals surface area (Å²) in [5, 5.41) is 3.19. The summed E-state index contributed by atoms with van der Waals surface area (Å²) in [7, 11) is 1.93. The van der Waals surface area contributed by atoms with Gasteiger partial charge in [-0.1, -0.05) is 18.2 Å². The standard InChI is InChI=1S/C17H19F2NO/c1-12(20-2)9-13-3-6-15(7-4-13)21-11-14-5-8-16(18)17(19)10-14/h3-8,10,12,20H,9,11H2,1-2H3. The molecule has 2 aromatic carbocycles. The van der Waals surface area contributed by atoms with Crippen LogP contribution in [0.2, 0.25) is 0 Å². The average molecular weight is 291 g/mol. The van der Waals surface area contributed by atoms with Crippen molar-refractivity contribution in [1.82, 2.24) is 5.32 Å². The fourth-order valence-electron chi connectivity index (χ4n) is 1.97. The van der Waals surface area contributed by atoms with Gasteiger partial charge in [-0.15, -0.1) is 0 Å². The fraction of sp³-hybridized carbons (Fsp3) is 0.294. The molecule has 0 aliphatic rings. The van der Waals surface area contributed by atoms with E-state index in [1.54, 1.807) is 0 Å². The van der Waals surface area contributed by atoms with Crippen LogP contribution < -0.4 is 10.1 Å². The second kappa shape index (κ2) is 7.18. The topological polar surface area (TPSA) is 21.3 Å². The van der Waals surface area contributed by atoms with E-state index in [0.717, 1.165) is 18.6 Å². The lowest BCUT2D eigenvalue weighted by atomic mass is 10.1. The van der Waals surface area contributed by atoms with E-state index in [9.17, 15) is 8.78 Å². The fourth-order valence-corrected chi connectivity index (χ4v) is 1.97. The molecule has 0 saturated carbocycles. The monoisotopic (exact) mass is 291 g/mol. The minimum Gasteiger partial charge on any atom is -0.489 e. The summed E-state index contributed by atoms with van der Waals surface area (Å²) in [6.07, 6.45) is 0.944. The summed E-state index contributed by atoms with van der Waals surface area (Å²) >= 11 is 0. The maximum atomic E-state index is 13.1. The van der Waals surface area contributed by atoms with Crippen molar-refractivity contribution in [3.05, 3.63) is 65.2 Å². The van der Waals surface area contributed by atoms with Gasteiger partial charge in [-0.05, 0) is 55.8 Å². The molecule has 0 fully saturated rings. The maximum Gasteiger partial charge on any atom is 0.159 e. The van der Waals surface area contributed by atoms with Gasteiger partial charge in [0.1, 0.15) is 12.4 Å². The molecule has 0 spiro atoms. The van der Waals surface area contributed by atoms with Gasteiger partial charge >= 0.3 is 0 Å². The van der Waals surface area contributed by atoms with E-state index in [1.165, 1.54) is 11.6 Å². The zero-order valence-corrected chi connectivity index (χ0v) is 12.2. The first-order valence-electron chi connectivity index (χ1n) is 6.91. The summed E-state index contributed by atoms with van der Waals surface area (Å²) in [6, 6.07) is 12.0. The molecule has 0 saturated heterocycles. The van der Waals surface area contributed by atoms with Gasteiger partial charge in [0.05, 0.1) is 0 Å². The van der Waals surface area contributed by atoms with Crippen LogP contribution in [0.25, 0.3) is 0 Å². The second-order valence-corrected chi connectivity index (χ2v) is 5.07. The Hall–Kier alpha value is -1.94. The maximum absolute atomic E-state index is 13.1. The van der Waals surface area contributed by atoms with Gasteiger partial charge in [0.25, 0.3) is 0 Å². The molecular weight excluding hydrogens is 272 g/mol. The predicted molar refractivity (Wildman–Crippen MR) is 79.4 cm³/mol. The molecule has 1 atom stereocenters. The Balaban J connectivity index is 1.92. The van der Waals surface area contributed by atoms with Gasteiger partial charge in [0, 0.05) is 6.04 Å². The molecule has 2 rings (SSSR count). The van der Waals surface area contributed by atoms with Crippen LogP contribution in [0, 0.1) is 11.6 Å². The lowest BCUT2D eigenvalue weighted by Crippen LogP contribution is -2.23. The first-order valence-corrected chi connectivity index (χ1v) is 6.91. The van der Waals surface area contributed by atoms with Crippen LogP contribution in [0.4, 0.5) is 8.78 Å². The average Bonchev–Trinajstić information content (AvgIpc) is 2.50. The number of benzene rings is 2. The molecule has 1 N–H and O–H groups in total. The Morgan fingerprint density at radius 3 is 2.29 bits per heavy atom. The van der Waals surface area contributed by atoms with E-state index in [1.807, 2.05) is 31.3 Å². The Bertz CT molecular complexity index is 584. The van der Waals surface area contributed by atoms with Gasteiger partial charge in [-0.3, -0.25) is 0 Å². The smallest absolute Gasteiger partial charge is 0.159 e. The quantitative estimate of drug-likeness (QED) is 0.876. The highest BCUT2D eigenvalue weighted by Gasteiger charge is 2.04. The highest BCUT2D eigenvalue weighted by Crippen LogP contribution is 2.16. The molecule has 112 valence electrons. The third kappa shape index (κ3) is 4.53. The number of likely N-dealkylation sites (N-methyl/N-ethyl adjacent to an activating group) is 1. The predicted octanol–water partition coefficient (Wildman–Crippen LogP) is 3.69. The number of halogens is 2. The van der Waals surface area contributed by atoms with Crippen molar-refractivity contribution in [1.29, 1.82) is 0 Å². The number of nitrogens with one attached hydrogen (secondary N) is 1. The molecule has 0 bridgehead atoms. The molecule has 0 heterocycles. The third-order valence-corrected chi connectivity index (χ3v) is 3.35. The highest BCUT2D eigenvalue weighted by atomic mass is 19.2. The molecule has 0 aromatic heterocycles. The van der Waals surface area contributed by atoms with E-state index < -0.39 is 11.6 Å². The molecule has 0 radical (unpaired) electrons. The van der Waals surface area contributed by atoms with E-state index in [2.05, 4.69) is 12.2 Å². The largest absolute Gasteiger partial charge is 0.489 e.